The molecular weight excluding hydrogens is 474 g/mol. The summed E-state index contributed by atoms with van der Waals surface area (Å²) in [5.41, 5.74) is 1.37. The van der Waals surface area contributed by atoms with Crippen LogP contribution in [0.5, 0.6) is 11.5 Å². The maximum atomic E-state index is 12.7. The molecule has 0 bridgehead atoms. The summed E-state index contributed by atoms with van der Waals surface area (Å²) in [7, 11) is -0.748. The molecule has 3 aromatic rings. The van der Waals surface area contributed by atoms with Crippen LogP contribution in [0, 0.1) is 0 Å². The molecule has 3 rings (SSSR count). The molecule has 1 heterocycles. The van der Waals surface area contributed by atoms with Crippen LogP contribution in [0.15, 0.2) is 76.8 Å². The number of aromatic nitrogens is 1. The van der Waals surface area contributed by atoms with Crippen molar-refractivity contribution >= 4 is 33.4 Å². The lowest BCUT2D eigenvalue weighted by molar-refractivity contribution is -0.118. The van der Waals surface area contributed by atoms with Gasteiger partial charge in [-0.3, -0.25) is 14.5 Å². The molecule has 2 aromatic carbocycles. The minimum atomic E-state index is -3.75. The van der Waals surface area contributed by atoms with E-state index in [1.807, 2.05) is 12.1 Å². The van der Waals surface area contributed by atoms with Crippen LogP contribution in [0.3, 0.4) is 0 Å². The minimum absolute atomic E-state index is 0.0236. The quantitative estimate of drug-likeness (QED) is 0.288. The van der Waals surface area contributed by atoms with E-state index in [2.05, 4.69) is 15.0 Å². The molecule has 10 heteroatoms. The molecule has 0 fully saturated rings. The highest BCUT2D eigenvalue weighted by Crippen LogP contribution is 2.30. The Balaban J connectivity index is 1.46. The Morgan fingerprint density at radius 1 is 0.971 bits per heavy atom. The Morgan fingerprint density at radius 2 is 1.68 bits per heavy atom. The molecule has 0 aliphatic rings. The maximum absolute atomic E-state index is 12.7. The van der Waals surface area contributed by atoms with Crippen LogP contribution in [0.2, 0.25) is 0 Å². The van der Waals surface area contributed by atoms with Gasteiger partial charge in [-0.1, -0.05) is 12.1 Å². The molecule has 0 saturated heterocycles. The van der Waals surface area contributed by atoms with Gasteiger partial charge in [0.2, 0.25) is 5.91 Å². The van der Waals surface area contributed by atoms with E-state index in [-0.39, 0.29) is 10.8 Å². The fourth-order valence-electron chi connectivity index (χ4n) is 3.10. The van der Waals surface area contributed by atoms with Gasteiger partial charge in [-0.2, -0.15) is 0 Å². The Hall–Kier alpha value is -3.24. The second-order valence-corrected chi connectivity index (χ2v) is 9.98. The highest BCUT2D eigenvalue weighted by atomic mass is 32.2. The molecule has 0 atom stereocenters. The highest BCUT2D eigenvalue weighted by Gasteiger charge is 2.15. The Kier molecular flexibility index (Phi) is 9.17. The van der Waals surface area contributed by atoms with E-state index in [1.54, 1.807) is 54.9 Å². The molecule has 0 aliphatic heterocycles. The molecule has 0 aliphatic carbocycles. The van der Waals surface area contributed by atoms with Gasteiger partial charge < -0.3 is 14.8 Å². The Bertz CT molecular complexity index is 1190. The zero-order valence-electron chi connectivity index (χ0n) is 19.0. The number of methoxy groups -OCH3 is 2. The Morgan fingerprint density at radius 3 is 2.35 bits per heavy atom. The van der Waals surface area contributed by atoms with Crippen molar-refractivity contribution in [1.82, 2.24) is 10.3 Å². The van der Waals surface area contributed by atoms with Crippen molar-refractivity contribution in [2.24, 2.45) is 0 Å². The third kappa shape index (κ3) is 7.39. The number of ether oxygens (including phenoxy) is 2. The topological polar surface area (TPSA) is 107 Å². The summed E-state index contributed by atoms with van der Waals surface area (Å²) in [5, 5.41) is 2.90. The molecule has 0 unspecified atom stereocenters. The lowest BCUT2D eigenvalue weighted by Crippen LogP contribution is -2.26. The van der Waals surface area contributed by atoms with Gasteiger partial charge in [0.25, 0.3) is 10.0 Å². The second kappa shape index (κ2) is 12.3. The standard InChI is InChI=1S/C24H27N3O5S2/c1-31-22-10-7-19(16-23(22)32-2)27-34(29,30)21-8-5-18(6-9-21)4-3-13-26-24(28)17-33-20-11-14-25-15-12-20/h5-12,14-16,27H,3-4,13,17H2,1-2H3,(H,26,28). The van der Waals surface area contributed by atoms with Gasteiger partial charge in [0.1, 0.15) is 0 Å². The first-order valence-electron chi connectivity index (χ1n) is 10.5. The van der Waals surface area contributed by atoms with E-state index in [4.69, 9.17) is 9.47 Å². The first-order chi connectivity index (χ1) is 16.4. The van der Waals surface area contributed by atoms with Gasteiger partial charge in [-0.05, 0) is 54.8 Å². The van der Waals surface area contributed by atoms with E-state index in [9.17, 15) is 13.2 Å². The molecule has 34 heavy (non-hydrogen) atoms. The summed E-state index contributed by atoms with van der Waals surface area (Å²) in [6, 6.07) is 15.2. The highest BCUT2D eigenvalue weighted by molar-refractivity contribution is 8.00. The summed E-state index contributed by atoms with van der Waals surface area (Å²) in [6.07, 6.45) is 4.87. The van der Waals surface area contributed by atoms with Crippen LogP contribution in [-0.2, 0) is 21.2 Å². The van der Waals surface area contributed by atoms with Crippen molar-refractivity contribution in [2.75, 3.05) is 31.2 Å². The summed E-state index contributed by atoms with van der Waals surface area (Å²) in [4.78, 5) is 17.1. The normalized spacial score (nSPS) is 11.0. The number of hydrogen-bond donors (Lipinski definition) is 2. The number of aryl methyl sites for hydroxylation is 1. The van der Waals surface area contributed by atoms with Gasteiger partial charge in [-0.15, -0.1) is 11.8 Å². The van der Waals surface area contributed by atoms with Crippen LogP contribution in [-0.4, -0.2) is 45.8 Å². The molecular formula is C24H27N3O5S2. The van der Waals surface area contributed by atoms with Gasteiger partial charge in [-0.25, -0.2) is 8.42 Å². The average Bonchev–Trinajstić information content (AvgIpc) is 2.86. The first kappa shape index (κ1) is 25.4. The lowest BCUT2D eigenvalue weighted by Gasteiger charge is -2.12. The molecule has 0 spiro atoms. The van der Waals surface area contributed by atoms with Crippen molar-refractivity contribution < 1.29 is 22.7 Å². The minimum Gasteiger partial charge on any atom is -0.493 e. The van der Waals surface area contributed by atoms with E-state index in [1.165, 1.54) is 26.0 Å². The zero-order valence-corrected chi connectivity index (χ0v) is 20.6. The third-order valence-electron chi connectivity index (χ3n) is 4.85. The van der Waals surface area contributed by atoms with Crippen molar-refractivity contribution in [1.29, 1.82) is 0 Å². The number of hydrogen-bond acceptors (Lipinski definition) is 7. The van der Waals surface area contributed by atoms with E-state index < -0.39 is 10.0 Å². The monoisotopic (exact) mass is 501 g/mol. The largest absolute Gasteiger partial charge is 0.493 e. The van der Waals surface area contributed by atoms with Crippen LogP contribution in [0.1, 0.15) is 12.0 Å². The molecule has 1 aromatic heterocycles. The molecule has 0 radical (unpaired) electrons. The Labute approximate surface area is 204 Å². The predicted molar refractivity (Wildman–Crippen MR) is 133 cm³/mol. The summed E-state index contributed by atoms with van der Waals surface area (Å²) >= 11 is 1.46. The second-order valence-electron chi connectivity index (χ2n) is 7.24. The van der Waals surface area contributed by atoms with Crippen LogP contribution >= 0.6 is 11.8 Å². The van der Waals surface area contributed by atoms with Crippen LogP contribution < -0.4 is 19.5 Å². The number of amides is 1. The van der Waals surface area contributed by atoms with Crippen molar-refractivity contribution in [3.63, 3.8) is 0 Å². The number of thioether (sulfide) groups is 1. The first-order valence-corrected chi connectivity index (χ1v) is 13.0. The van der Waals surface area contributed by atoms with Gasteiger partial charge in [0.05, 0.1) is 30.6 Å². The number of nitrogens with zero attached hydrogens (tertiary/aromatic N) is 1. The fourth-order valence-corrected chi connectivity index (χ4v) is 4.87. The van der Waals surface area contributed by atoms with Gasteiger partial charge in [0, 0.05) is 29.9 Å². The van der Waals surface area contributed by atoms with E-state index in [0.717, 1.165) is 23.3 Å². The SMILES string of the molecule is COc1ccc(NS(=O)(=O)c2ccc(CCCNC(=O)CSc3ccncc3)cc2)cc1OC. The maximum Gasteiger partial charge on any atom is 0.261 e. The lowest BCUT2D eigenvalue weighted by atomic mass is 10.1. The number of benzene rings is 2. The number of rotatable bonds is 12. The summed E-state index contributed by atoms with van der Waals surface area (Å²) < 4.78 is 38.4. The summed E-state index contributed by atoms with van der Waals surface area (Å²) in [6.45, 7) is 0.552. The molecule has 1 amide bonds. The van der Waals surface area contributed by atoms with Gasteiger partial charge >= 0.3 is 0 Å². The number of carbonyl (C=O) groups excluding carboxylic acids is 1. The van der Waals surface area contributed by atoms with Crippen LogP contribution in [0.4, 0.5) is 5.69 Å². The van der Waals surface area contributed by atoms with E-state index >= 15 is 0 Å². The fraction of sp³-hybridized carbons (Fsp3) is 0.250. The number of pyridine rings is 1. The zero-order chi connectivity index (χ0) is 24.4. The summed E-state index contributed by atoms with van der Waals surface area (Å²) in [5.74, 6) is 1.27. The number of anilines is 1. The molecule has 0 saturated carbocycles. The van der Waals surface area contributed by atoms with Crippen molar-refractivity contribution in [3.05, 3.63) is 72.6 Å². The van der Waals surface area contributed by atoms with E-state index in [0.29, 0.717) is 29.5 Å². The predicted octanol–water partition coefficient (Wildman–Crippen LogP) is 3.74. The van der Waals surface area contributed by atoms with Crippen molar-refractivity contribution in [2.45, 2.75) is 22.6 Å². The van der Waals surface area contributed by atoms with Crippen molar-refractivity contribution in [3.8, 4) is 11.5 Å². The average molecular weight is 502 g/mol. The smallest absolute Gasteiger partial charge is 0.261 e. The number of sulfonamides is 1. The van der Waals surface area contributed by atoms with Gasteiger partial charge in [0.15, 0.2) is 11.5 Å². The number of carbonyl (C=O) groups is 1. The molecule has 180 valence electrons. The van der Waals surface area contributed by atoms with Crippen LogP contribution in [0.25, 0.3) is 0 Å². The molecule has 8 nitrogen and oxygen atoms in total. The molecule has 2 N–H and O–H groups in total. The number of nitrogens with one attached hydrogen (secondary N) is 2. The third-order valence-corrected chi connectivity index (χ3v) is 7.26.